The van der Waals surface area contributed by atoms with Gasteiger partial charge in [-0.1, -0.05) is 24.3 Å². The number of nitrogens with two attached hydrogens (primary N) is 1. The lowest BCUT2D eigenvalue weighted by molar-refractivity contribution is -0.385. The fourth-order valence-corrected chi connectivity index (χ4v) is 5.44. The first-order valence-corrected chi connectivity index (χ1v) is 12.7. The Kier molecular flexibility index (Phi) is 7.90. The van der Waals surface area contributed by atoms with Crippen molar-refractivity contribution in [3.05, 3.63) is 111 Å². The zero-order valence-electron chi connectivity index (χ0n) is 21.2. The summed E-state index contributed by atoms with van der Waals surface area (Å²) < 4.78 is 11.6. The van der Waals surface area contributed by atoms with E-state index in [1.807, 2.05) is 0 Å². The van der Waals surface area contributed by atoms with Gasteiger partial charge in [-0.05, 0) is 31.1 Å². The molecule has 0 saturated carbocycles. The van der Waals surface area contributed by atoms with Crippen LogP contribution in [0.5, 0.6) is 0 Å². The van der Waals surface area contributed by atoms with Crippen molar-refractivity contribution >= 4 is 46.3 Å². The molecule has 1 atom stereocenters. The Balaban J connectivity index is 2.12. The van der Waals surface area contributed by atoms with Gasteiger partial charge in [0.1, 0.15) is 10.2 Å². The van der Waals surface area contributed by atoms with Crippen LogP contribution in [0.25, 0.3) is 11.6 Å². The lowest BCUT2D eigenvalue weighted by Crippen LogP contribution is -2.43. The summed E-state index contributed by atoms with van der Waals surface area (Å²) in [6.45, 7) is 3.05. The van der Waals surface area contributed by atoms with Gasteiger partial charge in [0.2, 0.25) is 0 Å². The first kappa shape index (κ1) is 27.9. The lowest BCUT2D eigenvalue weighted by atomic mass is 9.91. The molecule has 1 aromatic heterocycles. The molecule has 206 valence electrons. The summed E-state index contributed by atoms with van der Waals surface area (Å²) in [5, 5.41) is 22.8. The van der Waals surface area contributed by atoms with E-state index in [0.717, 1.165) is 15.9 Å². The Morgan fingerprint density at radius 3 is 2.23 bits per heavy atom. The number of carbonyl (C=O) groups excluding carboxylic acids is 2. The highest BCUT2D eigenvalue weighted by Crippen LogP contribution is 2.34. The number of hydrogen-bond donors (Lipinski definition) is 1. The van der Waals surface area contributed by atoms with Crippen molar-refractivity contribution in [2.24, 2.45) is 5.73 Å². The van der Waals surface area contributed by atoms with E-state index in [-0.39, 0.29) is 56.2 Å². The highest BCUT2D eigenvalue weighted by atomic mass is 32.1. The van der Waals surface area contributed by atoms with Crippen LogP contribution < -0.4 is 20.5 Å². The molecule has 40 heavy (non-hydrogen) atoms. The number of nitro groups is 2. The first-order chi connectivity index (χ1) is 19.1. The molecule has 4 rings (SSSR count). The molecule has 0 bridgehead atoms. The van der Waals surface area contributed by atoms with Gasteiger partial charge in [0, 0.05) is 24.3 Å². The number of aromatic nitrogens is 1. The van der Waals surface area contributed by atoms with E-state index in [1.165, 1.54) is 48.5 Å². The van der Waals surface area contributed by atoms with E-state index >= 15 is 0 Å². The summed E-state index contributed by atoms with van der Waals surface area (Å²) in [5.41, 5.74) is 4.95. The summed E-state index contributed by atoms with van der Waals surface area (Å²) in [4.78, 5) is 61.7. The van der Waals surface area contributed by atoms with Crippen molar-refractivity contribution in [2.45, 2.75) is 19.9 Å². The van der Waals surface area contributed by atoms with Crippen LogP contribution in [-0.2, 0) is 19.1 Å². The van der Waals surface area contributed by atoms with Gasteiger partial charge in [-0.3, -0.25) is 29.6 Å². The summed E-state index contributed by atoms with van der Waals surface area (Å²) in [7, 11) is 0. The number of nitrogens with zero attached hydrogens (tertiary/aromatic N) is 3. The Bertz CT molecular complexity index is 1770. The van der Waals surface area contributed by atoms with E-state index in [0.29, 0.717) is 5.56 Å². The third-order valence-corrected chi connectivity index (χ3v) is 7.02. The number of benzene rings is 2. The fraction of sp³-hybridized carbons (Fsp3) is 0.192. The molecule has 13 nitrogen and oxygen atoms in total. The van der Waals surface area contributed by atoms with Gasteiger partial charge in [0.05, 0.1) is 44.9 Å². The molecule has 1 aliphatic heterocycles. The third-order valence-electron chi connectivity index (χ3n) is 5.91. The number of non-ortho nitro benzene ring substituents is 2. The maximum Gasteiger partial charge on any atom is 0.343 e. The van der Waals surface area contributed by atoms with E-state index in [9.17, 15) is 34.6 Å². The van der Waals surface area contributed by atoms with Crippen molar-refractivity contribution in [3.8, 4) is 0 Å². The average Bonchev–Trinajstić information content (AvgIpc) is 3.23. The van der Waals surface area contributed by atoms with Gasteiger partial charge >= 0.3 is 11.9 Å². The first-order valence-electron chi connectivity index (χ1n) is 11.9. The fourth-order valence-electron chi connectivity index (χ4n) is 4.27. The second-order valence-corrected chi connectivity index (χ2v) is 9.37. The zero-order chi connectivity index (χ0) is 29.1. The quantitative estimate of drug-likeness (QED) is 0.239. The highest BCUT2D eigenvalue weighted by Gasteiger charge is 2.38. The maximum atomic E-state index is 13.9. The minimum atomic E-state index is -1.29. The van der Waals surface area contributed by atoms with Crippen LogP contribution in [0.2, 0.25) is 0 Å². The van der Waals surface area contributed by atoms with Gasteiger partial charge in [0.25, 0.3) is 16.9 Å². The molecule has 0 fully saturated rings. The highest BCUT2D eigenvalue weighted by molar-refractivity contribution is 7.07. The summed E-state index contributed by atoms with van der Waals surface area (Å²) >= 11 is 0.860. The largest absolute Gasteiger partial charge is 0.463 e. The predicted molar refractivity (Wildman–Crippen MR) is 144 cm³/mol. The van der Waals surface area contributed by atoms with Crippen LogP contribution >= 0.6 is 11.3 Å². The van der Waals surface area contributed by atoms with Crippen molar-refractivity contribution in [3.63, 3.8) is 0 Å². The lowest BCUT2D eigenvalue weighted by Gasteiger charge is -2.27. The topological polar surface area (TPSA) is 187 Å². The second kappa shape index (κ2) is 11.3. The van der Waals surface area contributed by atoms with Crippen LogP contribution in [0.4, 0.5) is 11.4 Å². The van der Waals surface area contributed by atoms with Crippen molar-refractivity contribution in [1.29, 1.82) is 0 Å². The molecular weight excluding hydrogens is 544 g/mol. The molecule has 2 heterocycles. The molecule has 0 unspecified atom stereocenters. The molecule has 0 saturated heterocycles. The number of esters is 2. The minimum Gasteiger partial charge on any atom is -0.463 e. The van der Waals surface area contributed by atoms with Crippen LogP contribution in [0.1, 0.15) is 31.0 Å². The molecule has 0 amide bonds. The molecule has 0 spiro atoms. The predicted octanol–water partition coefficient (Wildman–Crippen LogP) is 1.65. The van der Waals surface area contributed by atoms with Gasteiger partial charge in [-0.15, -0.1) is 11.3 Å². The summed E-state index contributed by atoms with van der Waals surface area (Å²) in [6, 6.07) is 9.61. The number of rotatable bonds is 8. The van der Waals surface area contributed by atoms with Crippen molar-refractivity contribution in [1.82, 2.24) is 4.57 Å². The molecule has 3 aromatic rings. The minimum absolute atomic E-state index is 0.0269. The Morgan fingerprint density at radius 2 is 1.60 bits per heavy atom. The molecule has 2 N–H and O–H groups in total. The van der Waals surface area contributed by atoms with E-state index in [2.05, 4.69) is 0 Å². The molecule has 1 aliphatic rings. The van der Waals surface area contributed by atoms with Crippen molar-refractivity contribution in [2.75, 3.05) is 13.2 Å². The molecule has 0 aliphatic carbocycles. The van der Waals surface area contributed by atoms with Crippen LogP contribution in [0.15, 0.2) is 64.6 Å². The zero-order valence-corrected chi connectivity index (χ0v) is 22.0. The Hall–Kier alpha value is -5.11. The van der Waals surface area contributed by atoms with Crippen LogP contribution in [-0.4, -0.2) is 39.6 Å². The van der Waals surface area contributed by atoms with E-state index in [1.54, 1.807) is 19.9 Å². The molecular formula is C26H22N4O9S. The number of fused-ring (bicyclic) bond motifs is 1. The molecule has 2 aromatic carbocycles. The van der Waals surface area contributed by atoms with Gasteiger partial charge in [-0.25, -0.2) is 9.59 Å². The molecule has 0 radical (unpaired) electrons. The van der Waals surface area contributed by atoms with Crippen molar-refractivity contribution < 1.29 is 28.9 Å². The number of ether oxygens (including phenoxy) is 2. The van der Waals surface area contributed by atoms with Gasteiger partial charge in [-0.2, -0.15) is 0 Å². The molecule has 14 heteroatoms. The maximum absolute atomic E-state index is 13.9. The summed E-state index contributed by atoms with van der Waals surface area (Å²) in [6.07, 6.45) is 1.40. The van der Waals surface area contributed by atoms with Gasteiger partial charge in [0.15, 0.2) is 0 Å². The Labute approximate surface area is 229 Å². The van der Waals surface area contributed by atoms with E-state index < -0.39 is 33.4 Å². The van der Waals surface area contributed by atoms with E-state index in [4.69, 9.17) is 15.2 Å². The number of nitro benzene ring substituents is 2. The standard InChI is InChI=1S/C26H22N4O9S/c1-3-38-25(32)19-21(27)20(26(33)39-4-2)24-28(22(19)15-8-6-10-17(13-15)30(36)37)23(31)18(40-24)12-14-7-5-9-16(11-14)29(34)35/h5-13,22H,3-4,27H2,1-2H3/b18-12+/t22-/m0/s1. The van der Waals surface area contributed by atoms with Gasteiger partial charge < -0.3 is 15.2 Å². The normalized spacial score (nSPS) is 15.0. The number of carbonyl (C=O) groups is 2. The second-order valence-electron chi connectivity index (χ2n) is 8.34. The summed E-state index contributed by atoms with van der Waals surface area (Å²) in [5.74, 6) is -1.82. The third kappa shape index (κ3) is 5.11. The SMILES string of the molecule is CCOC(=O)C1=C(N)C(C(=O)OCC)=c2s/c(=C/c3cccc([N+](=O)[O-])c3)c(=O)n2[C@H]1c1cccc([N+](=O)[O-])c1. The number of thiazole rings is 1. The monoisotopic (exact) mass is 566 g/mol. The Morgan fingerprint density at radius 1 is 1.00 bits per heavy atom. The number of hydrogen-bond acceptors (Lipinski definition) is 11. The average molecular weight is 567 g/mol. The van der Waals surface area contributed by atoms with Crippen LogP contribution in [0.3, 0.4) is 0 Å². The van der Waals surface area contributed by atoms with Crippen LogP contribution in [0, 0.1) is 20.2 Å². The smallest absolute Gasteiger partial charge is 0.343 e.